The van der Waals surface area contributed by atoms with Gasteiger partial charge in [0, 0.05) is 17.1 Å². The molecule has 0 atom stereocenters. The predicted molar refractivity (Wildman–Crippen MR) is 98.0 cm³/mol. The van der Waals surface area contributed by atoms with Crippen molar-refractivity contribution in [2.45, 2.75) is 27.7 Å². The summed E-state index contributed by atoms with van der Waals surface area (Å²) >= 11 is 0. The van der Waals surface area contributed by atoms with E-state index in [2.05, 4.69) is 88.4 Å². The Balaban J connectivity index is 0.000000160. The molecule has 0 spiro atoms. The van der Waals surface area contributed by atoms with Crippen molar-refractivity contribution in [2.24, 2.45) is 0 Å². The molecule has 0 aliphatic rings. The van der Waals surface area contributed by atoms with Crippen molar-refractivity contribution in [3.8, 4) is 0 Å². The van der Waals surface area contributed by atoms with E-state index in [0.717, 1.165) is 0 Å². The normalized spacial score (nSPS) is 10.3. The second-order valence-corrected chi connectivity index (χ2v) is 6.11. The molecule has 0 saturated heterocycles. The number of rotatable bonds is 0. The van der Waals surface area contributed by atoms with Crippen LogP contribution in [0.2, 0.25) is 0 Å². The van der Waals surface area contributed by atoms with E-state index in [1.54, 1.807) is 0 Å². The van der Waals surface area contributed by atoms with Gasteiger partial charge in [0.25, 0.3) is 0 Å². The van der Waals surface area contributed by atoms with Gasteiger partial charge in [-0.1, -0.05) is 39.8 Å². The smallest absolute Gasteiger partial charge is 0 e. The molecule has 0 bridgehead atoms. The van der Waals surface area contributed by atoms with Gasteiger partial charge in [-0.05, 0) is 0 Å². The minimum Gasteiger partial charge on any atom is -0.156 e. The standard InChI is InChI=1S/2C11H11.Fe/c2*1-8-7-9(2)11-6-4-3-5-10(8)11;/h2*3-7H,1-2H3;/q2*-1;. The molecule has 0 aliphatic carbocycles. The molecule has 4 aromatic rings. The van der Waals surface area contributed by atoms with E-state index >= 15 is 0 Å². The maximum atomic E-state index is 2.24. The summed E-state index contributed by atoms with van der Waals surface area (Å²) in [5.74, 6) is 0. The molecule has 0 fully saturated rings. The van der Waals surface area contributed by atoms with Crippen LogP contribution in [0.25, 0.3) is 21.5 Å². The molecule has 4 rings (SSSR count). The first-order valence-corrected chi connectivity index (χ1v) is 7.81. The average molecular weight is 342 g/mol. The van der Waals surface area contributed by atoms with E-state index in [4.69, 9.17) is 0 Å². The molecule has 0 amide bonds. The number of aryl methyl sites for hydroxylation is 4. The van der Waals surface area contributed by atoms with Gasteiger partial charge < -0.3 is 0 Å². The van der Waals surface area contributed by atoms with Crippen LogP contribution >= 0.6 is 0 Å². The molecule has 0 N–H and O–H groups in total. The summed E-state index contributed by atoms with van der Waals surface area (Å²) in [5.41, 5.74) is 5.55. The predicted octanol–water partition coefficient (Wildman–Crippen LogP) is 6.35. The fraction of sp³-hybridized carbons (Fsp3) is 0.182. The summed E-state index contributed by atoms with van der Waals surface area (Å²) in [5, 5.41) is 5.57. The van der Waals surface area contributed by atoms with Crippen LogP contribution in [-0.2, 0) is 17.1 Å². The molecule has 23 heavy (non-hydrogen) atoms. The van der Waals surface area contributed by atoms with Crippen LogP contribution in [-0.4, -0.2) is 0 Å². The van der Waals surface area contributed by atoms with E-state index in [1.165, 1.54) is 43.8 Å². The van der Waals surface area contributed by atoms with Crippen molar-refractivity contribution >= 4 is 21.5 Å². The Morgan fingerprint density at radius 1 is 0.609 bits per heavy atom. The molecule has 0 aromatic heterocycles. The minimum absolute atomic E-state index is 0. The second kappa shape index (κ2) is 7.17. The first-order chi connectivity index (χ1) is 10.6. The molecule has 0 unspecified atom stereocenters. The Morgan fingerprint density at radius 2 is 0.957 bits per heavy atom. The first-order valence-electron chi connectivity index (χ1n) is 7.81. The van der Waals surface area contributed by atoms with E-state index in [-0.39, 0.29) is 17.1 Å². The van der Waals surface area contributed by atoms with Crippen LogP contribution < -0.4 is 0 Å². The van der Waals surface area contributed by atoms with Crippen molar-refractivity contribution in [3.05, 3.63) is 82.9 Å². The first kappa shape index (κ1) is 17.5. The third kappa shape index (κ3) is 3.42. The molecule has 0 radical (unpaired) electrons. The molecule has 0 nitrogen and oxygen atoms in total. The summed E-state index contributed by atoms with van der Waals surface area (Å²) in [4.78, 5) is 0. The zero-order valence-electron chi connectivity index (χ0n) is 14.1. The van der Waals surface area contributed by atoms with Gasteiger partial charge >= 0.3 is 0 Å². The van der Waals surface area contributed by atoms with Crippen LogP contribution in [0.3, 0.4) is 0 Å². The topological polar surface area (TPSA) is 0 Å². The Hall–Kier alpha value is -1.82. The summed E-state index contributed by atoms with van der Waals surface area (Å²) < 4.78 is 0. The monoisotopic (exact) mass is 342 g/mol. The van der Waals surface area contributed by atoms with E-state index in [9.17, 15) is 0 Å². The van der Waals surface area contributed by atoms with Gasteiger partial charge in [-0.2, -0.15) is 11.1 Å². The van der Waals surface area contributed by atoms with Gasteiger partial charge in [0.05, 0.1) is 0 Å². The number of hydrogen-bond donors (Lipinski definition) is 0. The van der Waals surface area contributed by atoms with Crippen LogP contribution in [0.15, 0.2) is 60.7 Å². The fourth-order valence-corrected chi connectivity index (χ4v) is 3.30. The van der Waals surface area contributed by atoms with Gasteiger partial charge in [-0.3, -0.25) is 0 Å². The van der Waals surface area contributed by atoms with Crippen LogP contribution in [0.4, 0.5) is 0 Å². The maximum Gasteiger partial charge on any atom is 0 e. The third-order valence-electron chi connectivity index (χ3n) is 4.42. The minimum atomic E-state index is 0. The van der Waals surface area contributed by atoms with Gasteiger partial charge in [-0.25, -0.2) is 0 Å². The summed E-state index contributed by atoms with van der Waals surface area (Å²) in [6, 6.07) is 21.6. The zero-order valence-corrected chi connectivity index (χ0v) is 15.2. The summed E-state index contributed by atoms with van der Waals surface area (Å²) in [6.07, 6.45) is 0. The summed E-state index contributed by atoms with van der Waals surface area (Å²) in [6.45, 7) is 8.65. The van der Waals surface area contributed by atoms with Crippen LogP contribution in [0, 0.1) is 27.7 Å². The van der Waals surface area contributed by atoms with Crippen molar-refractivity contribution in [1.29, 1.82) is 0 Å². The number of benzene rings is 2. The van der Waals surface area contributed by atoms with E-state index in [1.807, 2.05) is 0 Å². The summed E-state index contributed by atoms with van der Waals surface area (Å²) in [7, 11) is 0. The SMILES string of the molecule is Cc1c[c-](C)c2ccccc12.Cc1c[c-](C)c2ccccc12.[Fe]. The Morgan fingerprint density at radius 3 is 1.30 bits per heavy atom. The molecular formula is C22H22Fe-2. The van der Waals surface area contributed by atoms with Gasteiger partial charge in [-0.15, -0.1) is 81.2 Å². The molecule has 120 valence electrons. The third-order valence-corrected chi connectivity index (χ3v) is 4.42. The second-order valence-electron chi connectivity index (χ2n) is 6.11. The van der Waals surface area contributed by atoms with Gasteiger partial charge in [0.15, 0.2) is 0 Å². The molecule has 0 saturated carbocycles. The van der Waals surface area contributed by atoms with Crippen molar-refractivity contribution < 1.29 is 17.1 Å². The Bertz CT molecular complexity index is 772. The Labute approximate surface area is 149 Å². The molecule has 0 aliphatic heterocycles. The van der Waals surface area contributed by atoms with E-state index < -0.39 is 0 Å². The molecule has 0 heterocycles. The Kier molecular flexibility index (Phi) is 5.46. The van der Waals surface area contributed by atoms with E-state index in [0.29, 0.717) is 0 Å². The quantitative estimate of drug-likeness (QED) is 0.258. The molecular weight excluding hydrogens is 320 g/mol. The van der Waals surface area contributed by atoms with Crippen LogP contribution in [0.1, 0.15) is 22.3 Å². The van der Waals surface area contributed by atoms with Gasteiger partial charge in [0.2, 0.25) is 0 Å². The number of fused-ring (bicyclic) bond motifs is 2. The maximum absolute atomic E-state index is 2.24. The zero-order chi connectivity index (χ0) is 15.7. The van der Waals surface area contributed by atoms with Crippen LogP contribution in [0.5, 0.6) is 0 Å². The molecule has 1 heteroatoms. The average Bonchev–Trinajstić information content (AvgIpc) is 2.99. The van der Waals surface area contributed by atoms with Crippen molar-refractivity contribution in [1.82, 2.24) is 0 Å². The molecule has 4 aromatic carbocycles. The van der Waals surface area contributed by atoms with Crippen molar-refractivity contribution in [3.63, 3.8) is 0 Å². The van der Waals surface area contributed by atoms with Gasteiger partial charge in [0.1, 0.15) is 0 Å². The fourth-order valence-electron chi connectivity index (χ4n) is 3.30. The van der Waals surface area contributed by atoms with Crippen molar-refractivity contribution in [2.75, 3.05) is 0 Å². The number of hydrogen-bond acceptors (Lipinski definition) is 0. The largest absolute Gasteiger partial charge is 0.156 e.